The van der Waals surface area contributed by atoms with Crippen molar-refractivity contribution in [1.29, 1.82) is 0 Å². The largest absolute Gasteiger partial charge is 0.456 e. The van der Waals surface area contributed by atoms with Crippen molar-refractivity contribution in [2.45, 2.75) is 19.1 Å². The highest BCUT2D eigenvalue weighted by atomic mass is 19.4. The van der Waals surface area contributed by atoms with E-state index in [1.54, 1.807) is 25.1 Å². The molecule has 0 fully saturated rings. The Morgan fingerprint density at radius 3 is 2.71 bits per heavy atom. The van der Waals surface area contributed by atoms with Gasteiger partial charge in [-0.05, 0) is 18.7 Å². The van der Waals surface area contributed by atoms with E-state index < -0.39 is 24.6 Å². The van der Waals surface area contributed by atoms with Crippen LogP contribution in [0.2, 0.25) is 0 Å². The topological polar surface area (TPSA) is 34.4 Å². The molecule has 3 nitrogen and oxygen atoms in total. The van der Waals surface area contributed by atoms with Crippen molar-refractivity contribution in [2.75, 3.05) is 19.8 Å². The van der Waals surface area contributed by atoms with Crippen molar-refractivity contribution in [3.63, 3.8) is 0 Å². The number of furan rings is 1. The van der Waals surface area contributed by atoms with E-state index >= 15 is 0 Å². The average molecular weight is 305 g/mol. The van der Waals surface area contributed by atoms with Crippen LogP contribution in [-0.4, -0.2) is 25.9 Å². The van der Waals surface area contributed by atoms with Gasteiger partial charge in [-0.1, -0.05) is 19.1 Å². The molecule has 0 radical (unpaired) electrons. The van der Waals surface area contributed by atoms with Crippen LogP contribution in [0.15, 0.2) is 28.7 Å². The molecule has 0 aliphatic rings. The van der Waals surface area contributed by atoms with Gasteiger partial charge in [0.2, 0.25) is 0 Å². The van der Waals surface area contributed by atoms with Crippen molar-refractivity contribution >= 4 is 11.0 Å². The van der Waals surface area contributed by atoms with Crippen LogP contribution in [0.4, 0.5) is 17.6 Å². The number of fused-ring (bicyclic) bond motifs is 1. The minimum absolute atomic E-state index is 0.0891. The summed E-state index contributed by atoms with van der Waals surface area (Å²) in [5.41, 5.74) is 0.0891. The molecule has 0 saturated carbocycles. The Bertz CT molecular complexity index is 594. The van der Waals surface area contributed by atoms with Crippen LogP contribution in [0.5, 0.6) is 0 Å². The Kier molecular flexibility index (Phi) is 4.84. The SMILES string of the molecule is CCNC(COCC(F)(F)F)c1cc2cccc(F)c2o1. The number of benzene rings is 1. The monoisotopic (exact) mass is 305 g/mol. The summed E-state index contributed by atoms with van der Waals surface area (Å²) in [6.07, 6.45) is -4.38. The van der Waals surface area contributed by atoms with Crippen molar-refractivity contribution in [2.24, 2.45) is 0 Å². The highest BCUT2D eigenvalue weighted by Crippen LogP contribution is 2.26. The first kappa shape index (κ1) is 15.8. The summed E-state index contributed by atoms with van der Waals surface area (Å²) in [6.45, 7) is 0.776. The zero-order valence-corrected chi connectivity index (χ0v) is 11.3. The molecule has 1 aromatic carbocycles. The molecule has 21 heavy (non-hydrogen) atoms. The number of rotatable bonds is 6. The lowest BCUT2D eigenvalue weighted by atomic mass is 10.2. The van der Waals surface area contributed by atoms with E-state index in [1.807, 2.05) is 0 Å². The molecule has 1 unspecified atom stereocenters. The van der Waals surface area contributed by atoms with Crippen LogP contribution in [0.1, 0.15) is 18.7 Å². The molecule has 1 heterocycles. The number of halogens is 4. The molecule has 1 N–H and O–H groups in total. The van der Waals surface area contributed by atoms with Crippen LogP contribution >= 0.6 is 0 Å². The van der Waals surface area contributed by atoms with Gasteiger partial charge in [0, 0.05) is 5.39 Å². The van der Waals surface area contributed by atoms with E-state index in [9.17, 15) is 17.6 Å². The van der Waals surface area contributed by atoms with Crippen molar-refractivity contribution < 1.29 is 26.7 Å². The van der Waals surface area contributed by atoms with Gasteiger partial charge in [0.15, 0.2) is 11.4 Å². The van der Waals surface area contributed by atoms with E-state index in [4.69, 9.17) is 4.42 Å². The summed E-state index contributed by atoms with van der Waals surface area (Å²) in [4.78, 5) is 0. The molecule has 7 heteroatoms. The van der Waals surface area contributed by atoms with Gasteiger partial charge >= 0.3 is 6.18 Å². The molecular weight excluding hydrogens is 290 g/mol. The number of ether oxygens (including phenoxy) is 1. The summed E-state index contributed by atoms with van der Waals surface area (Å²) in [5.74, 6) is -0.163. The van der Waals surface area contributed by atoms with Gasteiger partial charge in [0.25, 0.3) is 0 Å². The molecule has 116 valence electrons. The second-order valence-corrected chi connectivity index (χ2v) is 4.55. The fourth-order valence-corrected chi connectivity index (χ4v) is 2.00. The van der Waals surface area contributed by atoms with Gasteiger partial charge < -0.3 is 14.5 Å². The minimum Gasteiger partial charge on any atom is -0.456 e. The molecule has 2 aromatic rings. The lowest BCUT2D eigenvalue weighted by molar-refractivity contribution is -0.175. The third-order valence-electron chi connectivity index (χ3n) is 2.86. The van der Waals surface area contributed by atoms with Gasteiger partial charge in [-0.15, -0.1) is 0 Å². The van der Waals surface area contributed by atoms with Crippen LogP contribution in [0.25, 0.3) is 11.0 Å². The third-order valence-corrected chi connectivity index (χ3v) is 2.86. The summed E-state index contributed by atoms with van der Waals surface area (Å²) in [7, 11) is 0. The molecule has 1 aromatic heterocycles. The number of nitrogens with one attached hydrogen (secondary N) is 1. The maximum Gasteiger partial charge on any atom is 0.411 e. The molecular formula is C14H15F4NO2. The zero-order chi connectivity index (χ0) is 15.5. The van der Waals surface area contributed by atoms with Gasteiger partial charge in [0.05, 0.1) is 12.6 Å². The lowest BCUT2D eigenvalue weighted by Gasteiger charge is -2.16. The van der Waals surface area contributed by atoms with E-state index in [2.05, 4.69) is 10.1 Å². The van der Waals surface area contributed by atoms with E-state index in [0.717, 1.165) is 0 Å². The van der Waals surface area contributed by atoms with Gasteiger partial charge in [-0.3, -0.25) is 0 Å². The molecule has 0 spiro atoms. The van der Waals surface area contributed by atoms with E-state index in [-0.39, 0.29) is 12.2 Å². The first-order valence-electron chi connectivity index (χ1n) is 6.46. The minimum atomic E-state index is -4.38. The first-order chi connectivity index (χ1) is 9.90. The Labute approximate surface area is 118 Å². The maximum atomic E-state index is 13.6. The molecule has 2 rings (SSSR count). The molecule has 0 amide bonds. The quantitative estimate of drug-likeness (QED) is 0.824. The second-order valence-electron chi connectivity index (χ2n) is 4.55. The zero-order valence-electron chi connectivity index (χ0n) is 11.3. The Morgan fingerprint density at radius 1 is 1.33 bits per heavy atom. The number of alkyl halides is 3. The van der Waals surface area contributed by atoms with E-state index in [0.29, 0.717) is 17.7 Å². The molecule has 0 saturated heterocycles. The normalized spacial score (nSPS) is 13.8. The van der Waals surface area contributed by atoms with Crippen LogP contribution in [0, 0.1) is 5.82 Å². The van der Waals surface area contributed by atoms with Gasteiger partial charge in [0.1, 0.15) is 12.4 Å². The third kappa shape index (κ3) is 4.18. The first-order valence-corrected chi connectivity index (χ1v) is 6.46. The van der Waals surface area contributed by atoms with Gasteiger partial charge in [-0.2, -0.15) is 13.2 Å². The van der Waals surface area contributed by atoms with Crippen LogP contribution < -0.4 is 5.32 Å². The average Bonchev–Trinajstić information content (AvgIpc) is 2.82. The number of hydrogen-bond donors (Lipinski definition) is 1. The molecule has 0 aliphatic heterocycles. The van der Waals surface area contributed by atoms with Gasteiger partial charge in [-0.25, -0.2) is 4.39 Å². The fraction of sp³-hybridized carbons (Fsp3) is 0.429. The Morgan fingerprint density at radius 2 is 2.10 bits per heavy atom. The lowest BCUT2D eigenvalue weighted by Crippen LogP contribution is -2.27. The molecule has 1 atom stereocenters. The number of likely N-dealkylation sites (N-methyl/N-ethyl adjacent to an activating group) is 1. The second kappa shape index (κ2) is 6.44. The molecule has 0 bridgehead atoms. The van der Waals surface area contributed by atoms with Crippen molar-refractivity contribution in [3.8, 4) is 0 Å². The summed E-state index contributed by atoms with van der Waals surface area (Å²) in [6, 6.07) is 5.51. The molecule has 0 aliphatic carbocycles. The number of para-hydroxylation sites is 1. The maximum absolute atomic E-state index is 13.6. The standard InChI is InChI=1S/C14H15F4NO2/c1-2-19-11(7-20-8-14(16,17)18)12-6-9-4-3-5-10(15)13(9)21-12/h3-6,11,19H,2,7-8H2,1H3. The Hall–Kier alpha value is -1.60. The highest BCUT2D eigenvalue weighted by molar-refractivity contribution is 5.78. The Balaban J connectivity index is 2.14. The van der Waals surface area contributed by atoms with Crippen LogP contribution in [0.3, 0.4) is 0 Å². The predicted molar refractivity (Wildman–Crippen MR) is 69.5 cm³/mol. The highest BCUT2D eigenvalue weighted by Gasteiger charge is 2.28. The van der Waals surface area contributed by atoms with Crippen LogP contribution in [-0.2, 0) is 4.74 Å². The predicted octanol–water partition coefficient (Wildman–Crippen LogP) is 3.80. The van der Waals surface area contributed by atoms with Crippen molar-refractivity contribution in [1.82, 2.24) is 5.32 Å². The summed E-state index contributed by atoms with van der Waals surface area (Å²) < 4.78 is 59.9. The summed E-state index contributed by atoms with van der Waals surface area (Å²) in [5, 5.41) is 3.52. The van der Waals surface area contributed by atoms with E-state index in [1.165, 1.54) is 6.07 Å². The van der Waals surface area contributed by atoms with Crippen molar-refractivity contribution in [3.05, 3.63) is 35.8 Å². The smallest absolute Gasteiger partial charge is 0.411 e. The number of hydrogen-bond acceptors (Lipinski definition) is 3. The summed E-state index contributed by atoms with van der Waals surface area (Å²) >= 11 is 0. The fourth-order valence-electron chi connectivity index (χ4n) is 2.00.